The van der Waals surface area contributed by atoms with Crippen LogP contribution in [0.25, 0.3) is 5.53 Å². The zero-order valence-electron chi connectivity index (χ0n) is 7.23. The zero-order valence-corrected chi connectivity index (χ0v) is 7.23. The SMILES string of the molecule is C=CCC(C)C(=O)C(=[N+]=[N-])C(=O)O. The van der Waals surface area contributed by atoms with Gasteiger partial charge >= 0.3 is 11.7 Å². The molecule has 0 aliphatic carbocycles. The first-order valence-electron chi connectivity index (χ1n) is 3.65. The Kier molecular flexibility index (Phi) is 4.33. The fourth-order valence-electron chi connectivity index (χ4n) is 0.788. The Morgan fingerprint density at radius 3 is 2.54 bits per heavy atom. The third-order valence-electron chi connectivity index (χ3n) is 1.50. The van der Waals surface area contributed by atoms with Crippen LogP contribution in [0.15, 0.2) is 12.7 Å². The average molecular weight is 182 g/mol. The molecule has 0 fully saturated rings. The van der Waals surface area contributed by atoms with Crippen LogP contribution in [0.4, 0.5) is 0 Å². The second-order valence-corrected chi connectivity index (χ2v) is 2.54. The quantitative estimate of drug-likeness (QED) is 0.221. The summed E-state index contributed by atoms with van der Waals surface area (Å²) in [5.74, 6) is -2.75. The summed E-state index contributed by atoms with van der Waals surface area (Å²) in [6.07, 6.45) is 1.85. The van der Waals surface area contributed by atoms with Crippen molar-refractivity contribution < 1.29 is 19.5 Å². The fraction of sp³-hybridized carbons (Fsp3) is 0.375. The van der Waals surface area contributed by atoms with Gasteiger partial charge < -0.3 is 10.6 Å². The molecular weight excluding hydrogens is 172 g/mol. The Morgan fingerprint density at radius 1 is 1.69 bits per heavy atom. The molecule has 0 bridgehead atoms. The van der Waals surface area contributed by atoms with Crippen molar-refractivity contribution >= 4 is 17.5 Å². The molecular formula is C8H10N2O3. The van der Waals surface area contributed by atoms with Gasteiger partial charge in [0.25, 0.3) is 5.78 Å². The van der Waals surface area contributed by atoms with Crippen LogP contribution in [0.3, 0.4) is 0 Å². The molecule has 0 aromatic carbocycles. The van der Waals surface area contributed by atoms with Gasteiger partial charge in [0, 0.05) is 5.92 Å². The minimum absolute atomic E-state index is 0.352. The molecule has 1 unspecified atom stereocenters. The van der Waals surface area contributed by atoms with E-state index < -0.39 is 23.4 Å². The van der Waals surface area contributed by atoms with E-state index in [1.54, 1.807) is 0 Å². The maximum absolute atomic E-state index is 11.2. The number of nitrogens with zero attached hydrogens (tertiary/aromatic N) is 2. The molecule has 0 saturated heterocycles. The van der Waals surface area contributed by atoms with Gasteiger partial charge in [-0.2, -0.15) is 4.79 Å². The van der Waals surface area contributed by atoms with Gasteiger partial charge in [0.05, 0.1) is 0 Å². The molecule has 0 spiro atoms. The van der Waals surface area contributed by atoms with Crippen molar-refractivity contribution in [1.29, 1.82) is 0 Å². The molecule has 0 aromatic rings. The summed E-state index contributed by atoms with van der Waals surface area (Å²) in [5, 5.41) is 8.42. The molecule has 70 valence electrons. The molecule has 0 saturated carbocycles. The number of rotatable bonds is 5. The number of carboxylic acid groups (broad SMARTS) is 1. The first-order chi connectivity index (χ1) is 6.04. The smallest absolute Gasteiger partial charge is 0.441 e. The van der Waals surface area contributed by atoms with Crippen LogP contribution in [0.2, 0.25) is 0 Å². The highest BCUT2D eigenvalue weighted by atomic mass is 16.4. The average Bonchev–Trinajstić information content (AvgIpc) is 2.05. The van der Waals surface area contributed by atoms with Crippen LogP contribution in [0.5, 0.6) is 0 Å². The molecule has 0 aromatic heterocycles. The van der Waals surface area contributed by atoms with Crippen LogP contribution in [-0.4, -0.2) is 27.4 Å². The highest BCUT2D eigenvalue weighted by molar-refractivity contribution is 6.62. The van der Waals surface area contributed by atoms with Crippen molar-refractivity contribution in [2.45, 2.75) is 13.3 Å². The van der Waals surface area contributed by atoms with Gasteiger partial charge in [0.1, 0.15) is 0 Å². The topological polar surface area (TPSA) is 90.8 Å². The van der Waals surface area contributed by atoms with Gasteiger partial charge in [0.15, 0.2) is 0 Å². The molecule has 0 radical (unpaired) electrons. The summed E-state index contributed by atoms with van der Waals surface area (Å²) in [4.78, 5) is 24.0. The number of Topliss-reactive ketones (excluding diaryl/α,β-unsaturated/α-hetero) is 1. The molecule has 0 aliphatic rings. The van der Waals surface area contributed by atoms with Gasteiger partial charge in [-0.05, 0) is 6.42 Å². The van der Waals surface area contributed by atoms with Crippen molar-refractivity contribution in [2.75, 3.05) is 0 Å². The predicted octanol–water partition coefficient (Wildman–Crippen LogP) is 0.523. The van der Waals surface area contributed by atoms with E-state index in [4.69, 9.17) is 10.6 Å². The van der Waals surface area contributed by atoms with E-state index in [1.807, 2.05) is 0 Å². The van der Waals surface area contributed by atoms with E-state index in [2.05, 4.69) is 11.4 Å². The van der Waals surface area contributed by atoms with Crippen molar-refractivity contribution in [3.05, 3.63) is 18.2 Å². The third-order valence-corrected chi connectivity index (χ3v) is 1.50. The molecule has 0 aliphatic heterocycles. The molecule has 5 nitrogen and oxygen atoms in total. The maximum Gasteiger partial charge on any atom is 0.441 e. The lowest BCUT2D eigenvalue weighted by Crippen LogP contribution is -2.29. The summed E-state index contributed by atoms with van der Waals surface area (Å²) in [7, 11) is 0. The third kappa shape index (κ3) is 3.01. The minimum atomic E-state index is -1.52. The van der Waals surface area contributed by atoms with Crippen molar-refractivity contribution in [3.8, 4) is 0 Å². The van der Waals surface area contributed by atoms with Gasteiger partial charge in [-0.3, -0.25) is 4.79 Å². The zero-order chi connectivity index (χ0) is 10.4. The highest BCUT2D eigenvalue weighted by Crippen LogP contribution is 2.04. The first kappa shape index (κ1) is 11.3. The van der Waals surface area contributed by atoms with Crippen molar-refractivity contribution in [3.63, 3.8) is 0 Å². The van der Waals surface area contributed by atoms with Gasteiger partial charge in [-0.1, -0.05) is 13.0 Å². The van der Waals surface area contributed by atoms with Gasteiger partial charge in [0.2, 0.25) is 0 Å². The number of ketones is 1. The Labute approximate surface area is 75.3 Å². The summed E-state index contributed by atoms with van der Waals surface area (Å²) >= 11 is 0. The Morgan fingerprint density at radius 2 is 2.23 bits per heavy atom. The van der Waals surface area contributed by atoms with Gasteiger partial charge in [-0.25, -0.2) is 4.79 Å². The fourth-order valence-corrected chi connectivity index (χ4v) is 0.788. The molecule has 5 heteroatoms. The van der Waals surface area contributed by atoms with E-state index in [9.17, 15) is 9.59 Å². The van der Waals surface area contributed by atoms with Crippen LogP contribution < -0.4 is 0 Å². The standard InChI is InChI=1S/C8H10N2O3/c1-3-4-5(2)7(11)6(10-9)8(12)13/h3,5H,1,4H2,2H3,(H,12,13). The number of aliphatic carboxylic acids is 1. The highest BCUT2D eigenvalue weighted by Gasteiger charge is 2.32. The van der Waals surface area contributed by atoms with Crippen LogP contribution in [0.1, 0.15) is 13.3 Å². The van der Waals surface area contributed by atoms with E-state index in [-0.39, 0.29) is 0 Å². The van der Waals surface area contributed by atoms with Crippen molar-refractivity contribution in [2.24, 2.45) is 5.92 Å². The molecule has 1 atom stereocenters. The maximum atomic E-state index is 11.2. The summed E-state index contributed by atoms with van der Waals surface area (Å²) < 4.78 is 0. The lowest BCUT2D eigenvalue weighted by molar-refractivity contribution is -0.137. The number of hydrogen-bond acceptors (Lipinski definition) is 2. The van der Waals surface area contributed by atoms with Crippen LogP contribution in [-0.2, 0) is 9.59 Å². The summed E-state index contributed by atoms with van der Waals surface area (Å²) in [5.41, 5.74) is 7.41. The van der Waals surface area contributed by atoms with E-state index >= 15 is 0 Å². The van der Waals surface area contributed by atoms with E-state index in [0.717, 1.165) is 0 Å². The normalized spacial score (nSPS) is 11.2. The Balaban J connectivity index is 4.67. The second kappa shape index (κ2) is 5.00. The number of allylic oxidation sites excluding steroid dienone is 1. The number of carbonyl (C=O) groups excluding carboxylic acids is 1. The van der Waals surface area contributed by atoms with E-state index in [1.165, 1.54) is 13.0 Å². The largest absolute Gasteiger partial charge is 0.472 e. The monoisotopic (exact) mass is 182 g/mol. The first-order valence-corrected chi connectivity index (χ1v) is 3.65. The lowest BCUT2D eigenvalue weighted by Gasteiger charge is -2.00. The van der Waals surface area contributed by atoms with E-state index in [0.29, 0.717) is 6.42 Å². The Bertz CT molecular complexity index is 290. The second-order valence-electron chi connectivity index (χ2n) is 2.54. The predicted molar refractivity (Wildman–Crippen MR) is 45.2 cm³/mol. The molecule has 1 N–H and O–H groups in total. The summed E-state index contributed by atoms with van der Waals surface area (Å²) in [6.45, 7) is 4.95. The number of carboxylic acids is 1. The molecule has 13 heavy (non-hydrogen) atoms. The lowest BCUT2D eigenvalue weighted by atomic mass is 9.99. The molecule has 0 heterocycles. The van der Waals surface area contributed by atoms with Crippen LogP contribution >= 0.6 is 0 Å². The number of hydrogen-bond donors (Lipinski definition) is 1. The van der Waals surface area contributed by atoms with Crippen LogP contribution in [0, 0.1) is 5.92 Å². The summed E-state index contributed by atoms with van der Waals surface area (Å²) in [6, 6.07) is 0. The minimum Gasteiger partial charge on any atom is -0.472 e. The molecule has 0 amide bonds. The van der Waals surface area contributed by atoms with Gasteiger partial charge in [-0.15, -0.1) is 6.58 Å². The Hall–Kier alpha value is -1.74. The number of carbonyl (C=O) groups is 2. The molecule has 0 rings (SSSR count). The van der Waals surface area contributed by atoms with Crippen molar-refractivity contribution in [1.82, 2.24) is 0 Å².